The number of hydrogen-bond donors (Lipinski definition) is 1. The molecule has 0 bridgehead atoms. The fourth-order valence-electron chi connectivity index (χ4n) is 3.72. The van der Waals surface area contributed by atoms with Crippen LogP contribution in [0.4, 0.5) is 11.4 Å². The summed E-state index contributed by atoms with van der Waals surface area (Å²) in [5.74, 6) is 0.290. The predicted octanol–water partition coefficient (Wildman–Crippen LogP) is 2.47. The highest BCUT2D eigenvalue weighted by Crippen LogP contribution is 2.35. The minimum atomic E-state index is -3.96. The number of fused-ring (bicyclic) bond motifs is 1. The number of nitrogens with zero attached hydrogens (tertiary/aromatic N) is 2. The Labute approximate surface area is 179 Å². The van der Waals surface area contributed by atoms with E-state index in [2.05, 4.69) is 5.32 Å². The first kappa shape index (κ1) is 21.1. The number of nitro groups is 1. The Bertz CT molecular complexity index is 1150. The van der Waals surface area contributed by atoms with Crippen LogP contribution in [0.15, 0.2) is 41.3 Å². The number of nitro benzene ring substituents is 1. The molecule has 1 atom stereocenters. The van der Waals surface area contributed by atoms with E-state index in [0.29, 0.717) is 43.1 Å². The lowest BCUT2D eigenvalue weighted by molar-refractivity contribution is -0.385. The van der Waals surface area contributed by atoms with E-state index in [-0.39, 0.29) is 22.8 Å². The summed E-state index contributed by atoms with van der Waals surface area (Å²) in [5.41, 5.74) is 0.586. The molecule has 0 unspecified atom stereocenters. The quantitative estimate of drug-likeness (QED) is 0.551. The average Bonchev–Trinajstić information content (AvgIpc) is 3.25. The molecule has 164 valence electrons. The van der Waals surface area contributed by atoms with Crippen molar-refractivity contribution in [2.24, 2.45) is 0 Å². The number of sulfonamides is 1. The molecule has 1 saturated heterocycles. The first-order valence-corrected chi connectivity index (χ1v) is 11.2. The zero-order valence-corrected chi connectivity index (χ0v) is 17.6. The molecular formula is C20H21N3O7S. The van der Waals surface area contributed by atoms with Crippen molar-refractivity contribution >= 4 is 27.3 Å². The number of nitrogens with one attached hydrogen (secondary N) is 1. The Morgan fingerprint density at radius 1 is 1.16 bits per heavy atom. The Morgan fingerprint density at radius 3 is 2.65 bits per heavy atom. The molecule has 4 rings (SSSR count). The van der Waals surface area contributed by atoms with Gasteiger partial charge >= 0.3 is 0 Å². The number of carbonyl (C=O) groups excluding carboxylic acids is 1. The Kier molecular flexibility index (Phi) is 5.54. The van der Waals surface area contributed by atoms with Gasteiger partial charge in [-0.2, -0.15) is 4.31 Å². The standard InChI is InChI=1S/C20H21N3O7S/c1-13-4-5-14(11-17(13)23(25)26)21-20(24)16-3-2-8-22(16)31(27,28)15-6-7-18-19(12-15)30-10-9-29-18/h4-7,11-12,16H,2-3,8-10H2,1H3,(H,21,24)/t16-/m0/s1. The van der Waals surface area contributed by atoms with Crippen molar-refractivity contribution in [3.63, 3.8) is 0 Å². The van der Waals surface area contributed by atoms with Gasteiger partial charge in [-0.15, -0.1) is 0 Å². The van der Waals surface area contributed by atoms with Gasteiger partial charge in [-0.05, 0) is 38.0 Å². The van der Waals surface area contributed by atoms with E-state index in [1.54, 1.807) is 13.0 Å². The third-order valence-electron chi connectivity index (χ3n) is 5.30. The maximum absolute atomic E-state index is 13.2. The van der Waals surface area contributed by atoms with E-state index in [4.69, 9.17) is 9.47 Å². The molecule has 0 radical (unpaired) electrons. The molecule has 2 heterocycles. The molecule has 2 aromatic carbocycles. The Hall–Kier alpha value is -3.18. The highest BCUT2D eigenvalue weighted by atomic mass is 32.2. The van der Waals surface area contributed by atoms with Gasteiger partial charge < -0.3 is 14.8 Å². The number of anilines is 1. The van der Waals surface area contributed by atoms with Crippen LogP contribution in [0.25, 0.3) is 0 Å². The fourth-order valence-corrected chi connectivity index (χ4v) is 5.39. The van der Waals surface area contributed by atoms with Gasteiger partial charge in [-0.3, -0.25) is 14.9 Å². The molecule has 31 heavy (non-hydrogen) atoms. The summed E-state index contributed by atoms with van der Waals surface area (Å²) in [6.45, 7) is 2.52. The third-order valence-corrected chi connectivity index (χ3v) is 7.20. The number of aryl methyl sites for hydroxylation is 1. The van der Waals surface area contributed by atoms with E-state index in [9.17, 15) is 23.3 Å². The number of hydrogen-bond acceptors (Lipinski definition) is 7. The predicted molar refractivity (Wildman–Crippen MR) is 111 cm³/mol. The Balaban J connectivity index is 1.56. The van der Waals surface area contributed by atoms with Gasteiger partial charge in [0.05, 0.1) is 9.82 Å². The van der Waals surface area contributed by atoms with Gasteiger partial charge in [-0.25, -0.2) is 8.42 Å². The lowest BCUT2D eigenvalue weighted by Crippen LogP contribution is -2.43. The number of carbonyl (C=O) groups is 1. The summed E-state index contributed by atoms with van der Waals surface area (Å²) in [6.07, 6.45) is 0.874. The van der Waals surface area contributed by atoms with E-state index in [1.165, 1.54) is 30.3 Å². The summed E-state index contributed by atoms with van der Waals surface area (Å²) in [4.78, 5) is 23.5. The van der Waals surface area contributed by atoms with E-state index < -0.39 is 26.9 Å². The summed E-state index contributed by atoms with van der Waals surface area (Å²) in [6, 6.07) is 7.80. The van der Waals surface area contributed by atoms with Crippen molar-refractivity contribution in [3.05, 3.63) is 52.1 Å². The zero-order chi connectivity index (χ0) is 22.2. The molecule has 10 nitrogen and oxygen atoms in total. The van der Waals surface area contributed by atoms with Crippen LogP contribution in [0.5, 0.6) is 11.5 Å². The van der Waals surface area contributed by atoms with Gasteiger partial charge in [0.2, 0.25) is 15.9 Å². The molecule has 1 N–H and O–H groups in total. The third kappa shape index (κ3) is 4.06. The molecule has 2 aliphatic heterocycles. The first-order valence-electron chi connectivity index (χ1n) is 9.75. The minimum Gasteiger partial charge on any atom is -0.486 e. The molecule has 1 amide bonds. The largest absolute Gasteiger partial charge is 0.486 e. The molecule has 0 aromatic heterocycles. The molecule has 11 heteroatoms. The van der Waals surface area contributed by atoms with E-state index in [0.717, 1.165) is 4.31 Å². The van der Waals surface area contributed by atoms with Crippen molar-refractivity contribution in [1.82, 2.24) is 4.31 Å². The second-order valence-corrected chi connectivity index (χ2v) is 9.22. The summed E-state index contributed by atoms with van der Waals surface area (Å²) < 4.78 is 38.5. The van der Waals surface area contributed by atoms with Crippen molar-refractivity contribution in [1.29, 1.82) is 0 Å². The molecule has 0 spiro atoms. The van der Waals surface area contributed by atoms with Crippen molar-refractivity contribution < 1.29 is 27.6 Å². The SMILES string of the molecule is Cc1ccc(NC(=O)[C@@H]2CCCN2S(=O)(=O)c2ccc3c(c2)OCCO3)cc1[N+](=O)[O-]. The maximum atomic E-state index is 13.2. The van der Waals surface area contributed by atoms with Gasteiger partial charge in [-0.1, -0.05) is 6.07 Å². The van der Waals surface area contributed by atoms with E-state index >= 15 is 0 Å². The number of rotatable bonds is 5. The van der Waals surface area contributed by atoms with Crippen LogP contribution in [0.1, 0.15) is 18.4 Å². The minimum absolute atomic E-state index is 0.0161. The highest BCUT2D eigenvalue weighted by Gasteiger charge is 2.40. The van der Waals surface area contributed by atoms with Crippen molar-refractivity contribution in [2.45, 2.75) is 30.7 Å². The molecule has 2 aromatic rings. The number of benzene rings is 2. The lowest BCUT2D eigenvalue weighted by Gasteiger charge is -2.24. The molecule has 0 aliphatic carbocycles. The van der Waals surface area contributed by atoms with Gasteiger partial charge in [0.1, 0.15) is 19.3 Å². The molecular weight excluding hydrogens is 426 g/mol. The van der Waals surface area contributed by atoms with Crippen LogP contribution < -0.4 is 14.8 Å². The van der Waals surface area contributed by atoms with Crippen LogP contribution in [-0.4, -0.2) is 49.4 Å². The van der Waals surface area contributed by atoms with Crippen LogP contribution >= 0.6 is 0 Å². The zero-order valence-electron chi connectivity index (χ0n) is 16.7. The highest BCUT2D eigenvalue weighted by molar-refractivity contribution is 7.89. The van der Waals surface area contributed by atoms with E-state index in [1.807, 2.05) is 0 Å². The second kappa shape index (κ2) is 8.16. The maximum Gasteiger partial charge on any atom is 0.274 e. The van der Waals surface area contributed by atoms with Crippen LogP contribution in [0.3, 0.4) is 0 Å². The first-order chi connectivity index (χ1) is 14.8. The van der Waals surface area contributed by atoms with Crippen molar-refractivity contribution in [3.8, 4) is 11.5 Å². The summed E-state index contributed by atoms with van der Waals surface area (Å²) in [7, 11) is -3.96. The number of amides is 1. The van der Waals surface area contributed by atoms with Gasteiger partial charge in [0, 0.05) is 29.9 Å². The monoisotopic (exact) mass is 447 g/mol. The lowest BCUT2D eigenvalue weighted by atomic mass is 10.1. The normalized spacial score (nSPS) is 18.5. The smallest absolute Gasteiger partial charge is 0.274 e. The average molecular weight is 447 g/mol. The van der Waals surface area contributed by atoms with Crippen LogP contribution in [0, 0.1) is 17.0 Å². The number of ether oxygens (including phenoxy) is 2. The van der Waals surface area contributed by atoms with Gasteiger partial charge in [0.15, 0.2) is 11.5 Å². The Morgan fingerprint density at radius 2 is 1.90 bits per heavy atom. The topological polar surface area (TPSA) is 128 Å². The summed E-state index contributed by atoms with van der Waals surface area (Å²) in [5, 5.41) is 13.8. The second-order valence-electron chi connectivity index (χ2n) is 7.33. The molecule has 0 saturated carbocycles. The van der Waals surface area contributed by atoms with Gasteiger partial charge in [0.25, 0.3) is 5.69 Å². The molecule has 1 fully saturated rings. The van der Waals surface area contributed by atoms with Crippen molar-refractivity contribution in [2.75, 3.05) is 25.1 Å². The van der Waals surface area contributed by atoms with Crippen LogP contribution in [-0.2, 0) is 14.8 Å². The molecule has 2 aliphatic rings. The van der Waals surface area contributed by atoms with Crippen LogP contribution in [0.2, 0.25) is 0 Å². The summed E-state index contributed by atoms with van der Waals surface area (Å²) >= 11 is 0. The fraction of sp³-hybridized carbons (Fsp3) is 0.350.